The number of rotatable bonds is 3. The number of aromatic nitrogens is 2. The fourth-order valence-corrected chi connectivity index (χ4v) is 5.14. The summed E-state index contributed by atoms with van der Waals surface area (Å²) >= 11 is 5.99. The van der Waals surface area contributed by atoms with Crippen LogP contribution in [0.4, 0.5) is 14.6 Å². The summed E-state index contributed by atoms with van der Waals surface area (Å²) < 4.78 is 51.1. The molecule has 164 valence electrons. The van der Waals surface area contributed by atoms with Gasteiger partial charge in [-0.15, -0.1) is 0 Å². The quantitative estimate of drug-likeness (QED) is 0.511. The van der Waals surface area contributed by atoms with Gasteiger partial charge in [-0.25, -0.2) is 22.2 Å². The molecule has 0 N–H and O–H groups in total. The zero-order valence-corrected chi connectivity index (χ0v) is 18.3. The molecule has 10 heteroatoms. The minimum Gasteiger partial charge on any atom is -0.351 e. The van der Waals surface area contributed by atoms with Crippen molar-refractivity contribution in [1.29, 1.82) is 0 Å². The number of benzene rings is 1. The van der Waals surface area contributed by atoms with Crippen molar-refractivity contribution in [3.05, 3.63) is 51.9 Å². The molecule has 0 atom stereocenters. The molecule has 1 fully saturated rings. The summed E-state index contributed by atoms with van der Waals surface area (Å²) in [5.41, 5.74) is 1.35. The third kappa shape index (κ3) is 5.14. The van der Waals surface area contributed by atoms with Crippen LogP contribution in [0.1, 0.15) is 23.4 Å². The number of aryl methyl sites for hydroxylation is 1. The Balaban J connectivity index is 1.51. The first-order chi connectivity index (χ1) is 14.8. The van der Waals surface area contributed by atoms with Gasteiger partial charge >= 0.3 is 0 Å². The van der Waals surface area contributed by atoms with Crippen molar-refractivity contribution < 1.29 is 17.2 Å². The number of halogens is 3. The first-order valence-electron chi connectivity index (χ1n) is 9.97. The van der Waals surface area contributed by atoms with E-state index in [1.54, 1.807) is 6.20 Å². The van der Waals surface area contributed by atoms with E-state index >= 15 is 0 Å². The maximum atomic E-state index is 14.3. The fourth-order valence-electron chi connectivity index (χ4n) is 3.65. The highest BCUT2D eigenvalue weighted by Crippen LogP contribution is 2.29. The van der Waals surface area contributed by atoms with Crippen LogP contribution >= 0.6 is 11.6 Å². The Morgan fingerprint density at radius 2 is 1.87 bits per heavy atom. The van der Waals surface area contributed by atoms with E-state index in [0.717, 1.165) is 30.7 Å². The lowest BCUT2D eigenvalue weighted by molar-refractivity contribution is 0.332. The van der Waals surface area contributed by atoms with Crippen molar-refractivity contribution in [2.75, 3.05) is 42.6 Å². The van der Waals surface area contributed by atoms with Gasteiger partial charge in [0.2, 0.25) is 0 Å². The van der Waals surface area contributed by atoms with Crippen LogP contribution in [0.2, 0.25) is 5.02 Å². The highest BCUT2D eigenvalue weighted by Gasteiger charge is 2.23. The monoisotopic (exact) mass is 466 g/mol. The summed E-state index contributed by atoms with van der Waals surface area (Å²) in [7, 11) is -2.92. The zero-order chi connectivity index (χ0) is 22.0. The van der Waals surface area contributed by atoms with E-state index in [1.165, 1.54) is 0 Å². The lowest BCUT2D eigenvalue weighted by Crippen LogP contribution is -2.40. The van der Waals surface area contributed by atoms with Crippen molar-refractivity contribution in [3.63, 3.8) is 0 Å². The van der Waals surface area contributed by atoms with Gasteiger partial charge in [-0.1, -0.05) is 17.5 Å². The predicted octanol–water partition coefficient (Wildman–Crippen LogP) is 2.44. The Labute approximate surface area is 185 Å². The molecule has 2 aliphatic heterocycles. The van der Waals surface area contributed by atoms with Crippen molar-refractivity contribution in [2.45, 2.75) is 19.4 Å². The largest absolute Gasteiger partial charge is 0.351 e. The molecule has 0 unspecified atom stereocenters. The second-order valence-corrected chi connectivity index (χ2v) is 10.3. The normalized spacial score (nSPS) is 18.2. The van der Waals surface area contributed by atoms with E-state index in [2.05, 4.69) is 21.8 Å². The summed E-state index contributed by atoms with van der Waals surface area (Å²) in [5, 5.41) is -0.223. The van der Waals surface area contributed by atoms with Crippen LogP contribution in [0.15, 0.2) is 18.3 Å². The van der Waals surface area contributed by atoms with Crippen molar-refractivity contribution in [2.24, 2.45) is 0 Å². The number of fused-ring (bicyclic) bond motifs is 1. The maximum Gasteiger partial charge on any atom is 0.152 e. The summed E-state index contributed by atoms with van der Waals surface area (Å²) in [5.74, 6) is 5.69. The number of hydrogen-bond acceptors (Lipinski definition) is 6. The molecule has 31 heavy (non-hydrogen) atoms. The van der Waals surface area contributed by atoms with E-state index in [4.69, 9.17) is 11.6 Å². The molecular weight excluding hydrogens is 446 g/mol. The topological polar surface area (TPSA) is 66.4 Å². The fraction of sp³-hybridized carbons (Fsp3) is 0.429. The lowest BCUT2D eigenvalue weighted by atomic mass is 10.1. The Bertz CT molecular complexity index is 1150. The van der Waals surface area contributed by atoms with Gasteiger partial charge in [0.05, 0.1) is 35.0 Å². The van der Waals surface area contributed by atoms with E-state index < -0.39 is 21.5 Å². The molecule has 0 amide bonds. The van der Waals surface area contributed by atoms with Crippen LogP contribution < -0.4 is 4.90 Å². The number of hydrogen-bond donors (Lipinski definition) is 0. The minimum atomic E-state index is -2.92. The summed E-state index contributed by atoms with van der Waals surface area (Å²) in [4.78, 5) is 12.9. The maximum absolute atomic E-state index is 14.3. The van der Waals surface area contributed by atoms with Gasteiger partial charge < -0.3 is 4.90 Å². The average molecular weight is 467 g/mol. The SMILES string of the molecule is O=S1(=O)CCN(CC#Cc2cnc3c(n2)N(Cc2c(F)ccc(F)c2Cl)CCC3)CC1. The Hall–Kier alpha value is -2.28. The molecular formula is C21H21ClF2N4O2S. The Morgan fingerprint density at radius 3 is 2.65 bits per heavy atom. The number of anilines is 1. The Kier molecular flexibility index (Phi) is 6.42. The molecule has 0 bridgehead atoms. The van der Waals surface area contributed by atoms with E-state index in [1.807, 2.05) is 9.80 Å². The van der Waals surface area contributed by atoms with Crippen LogP contribution in [-0.2, 0) is 22.8 Å². The average Bonchev–Trinajstić information content (AvgIpc) is 2.75. The highest BCUT2D eigenvalue weighted by atomic mass is 35.5. The van der Waals surface area contributed by atoms with Crippen molar-refractivity contribution >= 4 is 27.3 Å². The van der Waals surface area contributed by atoms with Gasteiger partial charge in [0.15, 0.2) is 15.7 Å². The summed E-state index contributed by atoms with van der Waals surface area (Å²) in [6, 6.07) is 2.08. The standard InChI is InChI=1S/C21H21ClF2N4O2S/c22-20-16(17(23)5-6-18(20)24)14-28-8-2-4-19-21(28)26-15(13-25-19)3-1-7-27-9-11-31(29,30)12-10-27/h5-6,13H,2,4,7-12,14H2. The third-order valence-electron chi connectivity index (χ3n) is 5.41. The number of sulfone groups is 1. The molecule has 0 saturated carbocycles. The molecule has 4 rings (SSSR count). The second kappa shape index (κ2) is 9.07. The lowest BCUT2D eigenvalue weighted by Gasteiger charge is -2.29. The molecule has 1 aromatic heterocycles. The van der Waals surface area contributed by atoms with Crippen LogP contribution in [-0.4, -0.2) is 61.0 Å². The van der Waals surface area contributed by atoms with Crippen LogP contribution in [0, 0.1) is 23.5 Å². The van der Waals surface area contributed by atoms with Crippen LogP contribution in [0.5, 0.6) is 0 Å². The summed E-state index contributed by atoms with van der Waals surface area (Å²) in [6.07, 6.45) is 3.17. The zero-order valence-electron chi connectivity index (χ0n) is 16.7. The van der Waals surface area contributed by atoms with E-state index in [9.17, 15) is 17.2 Å². The van der Waals surface area contributed by atoms with Crippen LogP contribution in [0.3, 0.4) is 0 Å². The highest BCUT2D eigenvalue weighted by molar-refractivity contribution is 7.91. The molecule has 0 spiro atoms. The van der Waals surface area contributed by atoms with Crippen molar-refractivity contribution in [3.8, 4) is 11.8 Å². The Morgan fingerprint density at radius 1 is 1.13 bits per heavy atom. The molecule has 2 aromatic rings. The van der Waals surface area contributed by atoms with Gasteiger partial charge in [-0.05, 0) is 30.9 Å². The molecule has 6 nitrogen and oxygen atoms in total. The molecule has 1 aromatic carbocycles. The smallest absolute Gasteiger partial charge is 0.152 e. The molecule has 1 saturated heterocycles. The second-order valence-electron chi connectivity index (χ2n) is 7.60. The molecule has 0 aliphatic carbocycles. The van der Waals surface area contributed by atoms with Crippen LogP contribution in [0.25, 0.3) is 0 Å². The molecule has 2 aliphatic rings. The number of nitrogens with zero attached hydrogens (tertiary/aromatic N) is 4. The first-order valence-corrected chi connectivity index (χ1v) is 12.2. The third-order valence-corrected chi connectivity index (χ3v) is 7.43. The molecule has 3 heterocycles. The summed E-state index contributed by atoms with van der Waals surface area (Å²) in [6.45, 7) is 2.10. The van der Waals surface area contributed by atoms with E-state index in [-0.39, 0.29) is 28.6 Å². The van der Waals surface area contributed by atoms with Crippen molar-refractivity contribution in [1.82, 2.24) is 14.9 Å². The van der Waals surface area contributed by atoms with E-state index in [0.29, 0.717) is 37.7 Å². The van der Waals surface area contributed by atoms with Gasteiger partial charge in [0.25, 0.3) is 0 Å². The van der Waals surface area contributed by atoms with Gasteiger partial charge in [-0.3, -0.25) is 9.88 Å². The minimum absolute atomic E-state index is 0.0865. The predicted molar refractivity (Wildman–Crippen MR) is 115 cm³/mol. The van der Waals surface area contributed by atoms with Gasteiger partial charge in [0, 0.05) is 31.7 Å². The van der Waals surface area contributed by atoms with Gasteiger partial charge in [0.1, 0.15) is 17.3 Å². The van der Waals surface area contributed by atoms with Gasteiger partial charge in [-0.2, -0.15) is 0 Å². The first kappa shape index (κ1) is 21.9. The molecule has 0 radical (unpaired) electrons.